The molecule has 0 spiro atoms. The van der Waals surface area contributed by atoms with Crippen molar-refractivity contribution in [3.63, 3.8) is 0 Å². The van der Waals surface area contributed by atoms with Gasteiger partial charge in [-0.05, 0) is 125 Å². The first kappa shape index (κ1) is 41.8. The van der Waals surface area contributed by atoms with Crippen molar-refractivity contribution in [2.75, 3.05) is 0 Å². The summed E-state index contributed by atoms with van der Waals surface area (Å²) in [5.74, 6) is 8.79. The second-order valence-corrected chi connectivity index (χ2v) is 15.9. The first-order valence-electron chi connectivity index (χ1n) is 21.2. The number of fused-ring (bicyclic) bond motifs is 3. The first-order valence-corrected chi connectivity index (χ1v) is 21.2. The zero-order valence-electron chi connectivity index (χ0n) is 35.0. The molecule has 0 bridgehead atoms. The number of hydrogen-bond donors (Lipinski definition) is 0. The quantitative estimate of drug-likeness (QED) is 0.102. The second kappa shape index (κ2) is 18.1. The van der Waals surface area contributed by atoms with Crippen molar-refractivity contribution in [3.05, 3.63) is 286 Å². The number of ether oxygens (including phenoxy) is 2. The minimum Gasteiger partial charge on any atom is -0.457 e. The van der Waals surface area contributed by atoms with Crippen LogP contribution >= 0.6 is 0 Å². The maximum atomic E-state index is 13.5. The van der Waals surface area contributed by atoms with E-state index in [1.807, 2.05) is 140 Å². The van der Waals surface area contributed by atoms with Gasteiger partial charge in [-0.3, -0.25) is 9.59 Å². The number of aryl methyl sites for hydroxylation is 1. The molecule has 0 saturated heterocycles. The average molecular weight is 841 g/mol. The van der Waals surface area contributed by atoms with E-state index < -0.39 is 5.41 Å². The molecule has 4 heteroatoms. The van der Waals surface area contributed by atoms with Crippen molar-refractivity contribution in [1.82, 2.24) is 0 Å². The minimum absolute atomic E-state index is 0. The third-order valence-electron chi connectivity index (χ3n) is 11.8. The number of carbonyl (C=O) groups is 2. The summed E-state index contributed by atoms with van der Waals surface area (Å²) in [6, 6.07) is 73.1. The molecule has 4 nitrogen and oxygen atoms in total. The standard InChI is InChI=1S/C60H40O4.CH4/c1-41-21-23-42(24-22-41)25-26-43-11-9-14-46(39-43)59(62)45-27-33-50(34-28-45)63-51-35-29-48(30-36-51)60(56-19-7-5-17-54(56)55-18-6-8-20-57(55)60)49-31-37-52(38-32-49)64-53-16-10-15-47(40-53)58(61)44-12-3-2-4-13-44;/h2-24,27-40H,1H3;1H4. The van der Waals surface area contributed by atoms with Crippen LogP contribution in [0, 0.1) is 18.8 Å². The third kappa shape index (κ3) is 8.27. The summed E-state index contributed by atoms with van der Waals surface area (Å²) in [6.07, 6.45) is 0. The van der Waals surface area contributed by atoms with Gasteiger partial charge in [0.05, 0.1) is 5.41 Å². The Morgan fingerprint density at radius 3 is 1.42 bits per heavy atom. The van der Waals surface area contributed by atoms with Crippen LogP contribution < -0.4 is 9.47 Å². The van der Waals surface area contributed by atoms with Gasteiger partial charge in [0, 0.05) is 33.4 Å². The Labute approximate surface area is 380 Å². The molecule has 0 atom stereocenters. The van der Waals surface area contributed by atoms with Gasteiger partial charge in [-0.2, -0.15) is 0 Å². The van der Waals surface area contributed by atoms with Gasteiger partial charge in [0.1, 0.15) is 23.0 Å². The molecule has 0 fully saturated rings. The van der Waals surface area contributed by atoms with Crippen LogP contribution in [0.15, 0.2) is 224 Å². The van der Waals surface area contributed by atoms with Gasteiger partial charge in [-0.15, -0.1) is 0 Å². The van der Waals surface area contributed by atoms with Crippen LogP contribution in [0.4, 0.5) is 0 Å². The Morgan fingerprint density at radius 2 is 0.831 bits per heavy atom. The minimum atomic E-state index is -0.627. The lowest BCUT2D eigenvalue weighted by Gasteiger charge is -2.34. The lowest BCUT2D eigenvalue weighted by Crippen LogP contribution is -2.28. The smallest absolute Gasteiger partial charge is 0.193 e. The number of hydrogen-bond acceptors (Lipinski definition) is 4. The van der Waals surface area contributed by atoms with E-state index in [9.17, 15) is 9.59 Å². The van der Waals surface area contributed by atoms with Gasteiger partial charge in [-0.1, -0.05) is 164 Å². The highest BCUT2D eigenvalue weighted by molar-refractivity contribution is 6.09. The van der Waals surface area contributed by atoms with Crippen molar-refractivity contribution >= 4 is 11.6 Å². The van der Waals surface area contributed by atoms with E-state index in [2.05, 4.69) is 84.6 Å². The molecule has 1 aliphatic rings. The van der Waals surface area contributed by atoms with Gasteiger partial charge in [0.2, 0.25) is 0 Å². The highest BCUT2D eigenvalue weighted by atomic mass is 16.5. The van der Waals surface area contributed by atoms with Crippen molar-refractivity contribution in [3.8, 4) is 46.0 Å². The fourth-order valence-corrected chi connectivity index (χ4v) is 8.66. The van der Waals surface area contributed by atoms with Crippen molar-refractivity contribution in [1.29, 1.82) is 0 Å². The molecular weight excluding hydrogens is 797 g/mol. The van der Waals surface area contributed by atoms with Gasteiger partial charge < -0.3 is 9.47 Å². The summed E-state index contributed by atoms with van der Waals surface area (Å²) >= 11 is 0. The van der Waals surface area contributed by atoms with Crippen molar-refractivity contribution in [2.24, 2.45) is 0 Å². The lowest BCUT2D eigenvalue weighted by atomic mass is 9.68. The maximum Gasteiger partial charge on any atom is 0.193 e. The largest absolute Gasteiger partial charge is 0.457 e. The molecule has 65 heavy (non-hydrogen) atoms. The van der Waals surface area contributed by atoms with Gasteiger partial charge in [0.25, 0.3) is 0 Å². The highest BCUT2D eigenvalue weighted by Crippen LogP contribution is 2.56. The molecular formula is C61H44O4. The summed E-state index contributed by atoms with van der Waals surface area (Å²) in [5.41, 5.74) is 11.5. The van der Waals surface area contributed by atoms with E-state index in [0.29, 0.717) is 45.3 Å². The Bertz CT molecular complexity index is 3180. The van der Waals surface area contributed by atoms with E-state index >= 15 is 0 Å². The molecule has 1 aliphatic carbocycles. The molecule has 0 unspecified atom stereocenters. The summed E-state index contributed by atoms with van der Waals surface area (Å²) in [5, 5.41) is 0. The molecule has 0 aliphatic heterocycles. The zero-order chi connectivity index (χ0) is 43.5. The highest BCUT2D eigenvalue weighted by Gasteiger charge is 2.45. The van der Waals surface area contributed by atoms with Crippen LogP contribution in [0.3, 0.4) is 0 Å². The fourth-order valence-electron chi connectivity index (χ4n) is 8.66. The van der Waals surface area contributed by atoms with Crippen LogP contribution in [-0.2, 0) is 5.41 Å². The number of carbonyl (C=O) groups excluding carboxylic acids is 2. The average Bonchev–Trinajstić information content (AvgIpc) is 3.65. The van der Waals surface area contributed by atoms with E-state index in [-0.39, 0.29) is 19.0 Å². The molecule has 312 valence electrons. The SMILES string of the molecule is C.Cc1ccc(C#Cc2cccc(C(=O)c3ccc(Oc4ccc(C5(c6ccc(Oc7cccc(C(=O)c8ccccc8)c7)cc6)c6ccccc6-c6ccccc65)cc4)cc3)c2)cc1. The molecule has 0 N–H and O–H groups in total. The van der Waals surface area contributed by atoms with Crippen molar-refractivity contribution < 1.29 is 19.1 Å². The second-order valence-electron chi connectivity index (χ2n) is 15.9. The molecule has 0 radical (unpaired) electrons. The molecule has 10 rings (SSSR count). The van der Waals surface area contributed by atoms with Crippen LogP contribution in [0.5, 0.6) is 23.0 Å². The summed E-state index contributed by atoms with van der Waals surface area (Å²) < 4.78 is 12.7. The molecule has 0 saturated carbocycles. The number of rotatable bonds is 10. The van der Waals surface area contributed by atoms with Gasteiger partial charge in [0.15, 0.2) is 11.6 Å². The van der Waals surface area contributed by atoms with Crippen LogP contribution in [0.2, 0.25) is 0 Å². The fraction of sp³-hybridized carbons (Fsp3) is 0.0492. The predicted octanol–water partition coefficient (Wildman–Crippen LogP) is 14.4. The predicted molar refractivity (Wildman–Crippen MR) is 260 cm³/mol. The number of benzene rings is 9. The monoisotopic (exact) mass is 840 g/mol. The Hall–Kier alpha value is -8.52. The topological polar surface area (TPSA) is 52.6 Å². The lowest BCUT2D eigenvalue weighted by molar-refractivity contribution is 0.103. The summed E-state index contributed by atoms with van der Waals surface area (Å²) in [4.78, 5) is 26.7. The molecule has 9 aromatic rings. The van der Waals surface area contributed by atoms with Crippen molar-refractivity contribution in [2.45, 2.75) is 19.8 Å². The van der Waals surface area contributed by atoms with E-state index in [4.69, 9.17) is 9.47 Å². The number of ketones is 2. The van der Waals surface area contributed by atoms with E-state index in [1.165, 1.54) is 27.8 Å². The van der Waals surface area contributed by atoms with E-state index in [1.54, 1.807) is 18.2 Å². The molecule has 0 amide bonds. The van der Waals surface area contributed by atoms with Crippen LogP contribution in [0.25, 0.3) is 11.1 Å². The van der Waals surface area contributed by atoms with Crippen LogP contribution in [-0.4, -0.2) is 11.6 Å². The third-order valence-corrected chi connectivity index (χ3v) is 11.8. The van der Waals surface area contributed by atoms with E-state index in [0.717, 1.165) is 22.3 Å². The summed E-state index contributed by atoms with van der Waals surface area (Å²) in [7, 11) is 0. The first-order chi connectivity index (χ1) is 31.4. The Balaban J connectivity index is 0.00000533. The molecule has 0 heterocycles. The van der Waals surface area contributed by atoms with Gasteiger partial charge in [-0.25, -0.2) is 0 Å². The zero-order valence-corrected chi connectivity index (χ0v) is 35.0. The van der Waals surface area contributed by atoms with Crippen LogP contribution in [0.1, 0.15) is 78.2 Å². The molecule has 9 aromatic carbocycles. The summed E-state index contributed by atoms with van der Waals surface area (Å²) in [6.45, 7) is 2.05. The van der Waals surface area contributed by atoms with Gasteiger partial charge >= 0.3 is 0 Å². The normalized spacial score (nSPS) is 11.8. The maximum absolute atomic E-state index is 13.5. The Kier molecular flexibility index (Phi) is 11.6. The molecule has 0 aromatic heterocycles. The Morgan fingerprint density at radius 1 is 0.385 bits per heavy atom.